The molecular weight excluding hydrogens is 378 g/mol. The van der Waals surface area contributed by atoms with E-state index >= 15 is 0 Å². The molecule has 0 spiro atoms. The average Bonchev–Trinajstić information content (AvgIpc) is 3.17. The third-order valence-corrected chi connectivity index (χ3v) is 4.62. The molecule has 3 amide bonds. The summed E-state index contributed by atoms with van der Waals surface area (Å²) >= 11 is 1.12. The standard InChI is InChI=1S/C19H19N5O3S/c1-12-8-9-15(27-2)14(10-12)22-19(26)20-11-16-23-24-18(28-16)17(25)21-13-6-4-3-5-7-13/h3-10H,11H2,1-2H3,(H,21,25)(H2,20,22,26). The van der Waals surface area contributed by atoms with Crippen LogP contribution in [0.5, 0.6) is 5.75 Å². The quantitative estimate of drug-likeness (QED) is 0.591. The molecule has 0 unspecified atom stereocenters. The van der Waals surface area contributed by atoms with Gasteiger partial charge in [-0.15, -0.1) is 10.2 Å². The Morgan fingerprint density at radius 2 is 1.86 bits per heavy atom. The number of nitrogens with one attached hydrogen (secondary N) is 3. The molecule has 0 saturated heterocycles. The van der Waals surface area contributed by atoms with Gasteiger partial charge in [-0.05, 0) is 36.8 Å². The van der Waals surface area contributed by atoms with E-state index in [9.17, 15) is 9.59 Å². The molecule has 3 N–H and O–H groups in total. The number of nitrogens with zero attached hydrogens (tertiary/aromatic N) is 2. The number of hydrogen-bond donors (Lipinski definition) is 3. The molecule has 28 heavy (non-hydrogen) atoms. The van der Waals surface area contributed by atoms with Crippen LogP contribution >= 0.6 is 11.3 Å². The first-order valence-corrected chi connectivity index (χ1v) is 9.25. The molecule has 0 aliphatic rings. The molecule has 0 saturated carbocycles. The van der Waals surface area contributed by atoms with E-state index in [0.29, 0.717) is 22.1 Å². The number of benzene rings is 2. The molecule has 1 aromatic heterocycles. The van der Waals surface area contributed by atoms with Crippen LogP contribution in [0.3, 0.4) is 0 Å². The van der Waals surface area contributed by atoms with Crippen LogP contribution in [0, 0.1) is 6.92 Å². The molecule has 2 aromatic carbocycles. The Balaban J connectivity index is 1.55. The monoisotopic (exact) mass is 397 g/mol. The first-order valence-electron chi connectivity index (χ1n) is 8.43. The SMILES string of the molecule is COc1ccc(C)cc1NC(=O)NCc1nnc(C(=O)Nc2ccccc2)s1. The summed E-state index contributed by atoms with van der Waals surface area (Å²) in [6, 6.07) is 14.2. The predicted molar refractivity (Wildman–Crippen MR) is 108 cm³/mol. The minimum absolute atomic E-state index is 0.149. The van der Waals surface area contributed by atoms with Crippen molar-refractivity contribution >= 4 is 34.6 Å². The first-order chi connectivity index (χ1) is 13.5. The highest BCUT2D eigenvalue weighted by molar-refractivity contribution is 7.13. The van der Waals surface area contributed by atoms with E-state index in [-0.39, 0.29) is 17.5 Å². The Hall–Kier alpha value is -3.46. The number of amides is 3. The smallest absolute Gasteiger partial charge is 0.319 e. The number of hydrogen-bond acceptors (Lipinski definition) is 6. The van der Waals surface area contributed by atoms with Gasteiger partial charge in [-0.3, -0.25) is 4.79 Å². The van der Waals surface area contributed by atoms with Gasteiger partial charge in [-0.1, -0.05) is 35.6 Å². The van der Waals surface area contributed by atoms with Crippen LogP contribution in [-0.4, -0.2) is 29.2 Å². The number of methoxy groups -OCH3 is 1. The van der Waals surface area contributed by atoms with Crippen molar-refractivity contribution in [3.8, 4) is 5.75 Å². The van der Waals surface area contributed by atoms with Crippen LogP contribution in [0.4, 0.5) is 16.2 Å². The zero-order chi connectivity index (χ0) is 19.9. The first kappa shape index (κ1) is 19.3. The molecule has 0 fully saturated rings. The molecule has 0 aliphatic heterocycles. The summed E-state index contributed by atoms with van der Waals surface area (Å²) in [4.78, 5) is 24.3. The summed E-state index contributed by atoms with van der Waals surface area (Å²) in [5.74, 6) is 0.223. The van der Waals surface area contributed by atoms with Crippen LogP contribution in [0.25, 0.3) is 0 Å². The lowest BCUT2D eigenvalue weighted by molar-refractivity contribution is 0.102. The van der Waals surface area contributed by atoms with Crippen LogP contribution < -0.4 is 20.7 Å². The molecular formula is C19H19N5O3S. The molecule has 0 radical (unpaired) electrons. The Kier molecular flexibility index (Phi) is 6.18. The minimum Gasteiger partial charge on any atom is -0.495 e. The maximum absolute atomic E-state index is 12.2. The second-order valence-electron chi connectivity index (χ2n) is 5.83. The summed E-state index contributed by atoms with van der Waals surface area (Å²) < 4.78 is 5.24. The third kappa shape index (κ3) is 5.04. The molecule has 1 heterocycles. The van der Waals surface area contributed by atoms with Gasteiger partial charge in [0.2, 0.25) is 5.01 Å². The van der Waals surface area contributed by atoms with Gasteiger partial charge >= 0.3 is 6.03 Å². The van der Waals surface area contributed by atoms with E-state index in [2.05, 4.69) is 26.1 Å². The lowest BCUT2D eigenvalue weighted by Crippen LogP contribution is -2.28. The van der Waals surface area contributed by atoms with Crippen molar-refractivity contribution in [1.82, 2.24) is 15.5 Å². The lowest BCUT2D eigenvalue weighted by Gasteiger charge is -2.11. The summed E-state index contributed by atoms with van der Waals surface area (Å²) in [6.45, 7) is 2.07. The third-order valence-electron chi connectivity index (χ3n) is 3.70. The Morgan fingerprint density at radius 3 is 2.61 bits per heavy atom. The largest absolute Gasteiger partial charge is 0.495 e. The molecule has 0 aliphatic carbocycles. The molecule has 3 rings (SSSR count). The molecule has 0 bridgehead atoms. The van der Waals surface area contributed by atoms with Gasteiger partial charge in [0, 0.05) is 5.69 Å². The van der Waals surface area contributed by atoms with Crippen LogP contribution in [0.15, 0.2) is 48.5 Å². The van der Waals surface area contributed by atoms with Gasteiger partial charge in [0.25, 0.3) is 5.91 Å². The van der Waals surface area contributed by atoms with Gasteiger partial charge in [-0.25, -0.2) is 4.79 Å². The van der Waals surface area contributed by atoms with Crippen LogP contribution in [0.1, 0.15) is 20.4 Å². The summed E-state index contributed by atoms with van der Waals surface area (Å²) in [5.41, 5.74) is 2.24. The van der Waals surface area contributed by atoms with Crippen molar-refractivity contribution in [2.24, 2.45) is 0 Å². The number of para-hydroxylation sites is 1. The van der Waals surface area contributed by atoms with Crippen molar-refractivity contribution in [2.45, 2.75) is 13.5 Å². The summed E-state index contributed by atoms with van der Waals surface area (Å²) in [6.07, 6.45) is 0. The van der Waals surface area contributed by atoms with Gasteiger partial charge in [0.05, 0.1) is 19.3 Å². The topological polar surface area (TPSA) is 105 Å². The number of carbonyl (C=O) groups excluding carboxylic acids is 2. The number of aromatic nitrogens is 2. The highest BCUT2D eigenvalue weighted by Gasteiger charge is 2.14. The van der Waals surface area contributed by atoms with Crippen LogP contribution in [-0.2, 0) is 6.54 Å². The fourth-order valence-corrected chi connectivity index (χ4v) is 3.04. The lowest BCUT2D eigenvalue weighted by atomic mass is 10.2. The van der Waals surface area contributed by atoms with Crippen molar-refractivity contribution < 1.29 is 14.3 Å². The number of ether oxygens (including phenoxy) is 1. The number of anilines is 2. The number of rotatable bonds is 6. The van der Waals surface area contributed by atoms with Crippen molar-refractivity contribution in [1.29, 1.82) is 0 Å². The Morgan fingerprint density at radius 1 is 1.07 bits per heavy atom. The Labute approximate surface area is 166 Å². The van der Waals surface area contributed by atoms with E-state index in [0.717, 1.165) is 16.9 Å². The van der Waals surface area contributed by atoms with Crippen molar-refractivity contribution in [2.75, 3.05) is 17.7 Å². The minimum atomic E-state index is -0.408. The zero-order valence-electron chi connectivity index (χ0n) is 15.4. The fourth-order valence-electron chi connectivity index (χ4n) is 2.36. The highest BCUT2D eigenvalue weighted by Crippen LogP contribution is 2.25. The molecule has 9 heteroatoms. The Bertz CT molecular complexity index is 975. The zero-order valence-corrected chi connectivity index (χ0v) is 16.2. The van der Waals surface area contributed by atoms with Gasteiger partial charge in [0.15, 0.2) is 0 Å². The summed E-state index contributed by atoms with van der Waals surface area (Å²) in [5, 5.41) is 16.7. The summed E-state index contributed by atoms with van der Waals surface area (Å²) in [7, 11) is 1.54. The van der Waals surface area contributed by atoms with Crippen molar-refractivity contribution in [3.63, 3.8) is 0 Å². The number of urea groups is 1. The second kappa shape index (κ2) is 8.96. The normalized spacial score (nSPS) is 10.2. The van der Waals surface area contributed by atoms with Gasteiger partial charge in [0.1, 0.15) is 10.8 Å². The number of aryl methyl sites for hydroxylation is 1. The maximum Gasteiger partial charge on any atom is 0.319 e. The molecule has 0 atom stereocenters. The van der Waals surface area contributed by atoms with E-state index in [4.69, 9.17) is 4.74 Å². The molecule has 8 nitrogen and oxygen atoms in total. The molecule has 3 aromatic rings. The molecule has 144 valence electrons. The van der Waals surface area contributed by atoms with E-state index in [1.54, 1.807) is 18.2 Å². The fraction of sp³-hybridized carbons (Fsp3) is 0.158. The maximum atomic E-state index is 12.2. The van der Waals surface area contributed by atoms with Gasteiger partial charge in [-0.2, -0.15) is 0 Å². The highest BCUT2D eigenvalue weighted by atomic mass is 32.1. The predicted octanol–water partition coefficient (Wildman–Crippen LogP) is 3.43. The number of carbonyl (C=O) groups is 2. The second-order valence-corrected chi connectivity index (χ2v) is 6.89. The van der Waals surface area contributed by atoms with E-state index in [1.807, 2.05) is 37.3 Å². The average molecular weight is 397 g/mol. The van der Waals surface area contributed by atoms with Crippen molar-refractivity contribution in [3.05, 3.63) is 64.1 Å². The van der Waals surface area contributed by atoms with E-state index < -0.39 is 6.03 Å². The van der Waals surface area contributed by atoms with Crippen LogP contribution in [0.2, 0.25) is 0 Å². The van der Waals surface area contributed by atoms with E-state index in [1.165, 1.54) is 7.11 Å². The van der Waals surface area contributed by atoms with Gasteiger partial charge < -0.3 is 20.7 Å².